The number of carbonyl (C=O) groups is 1. The number of nitrogens with zero attached hydrogens (tertiary/aromatic N) is 3. The van der Waals surface area contributed by atoms with Crippen molar-refractivity contribution in [2.45, 2.75) is 24.6 Å². The molecule has 1 aromatic heterocycles. The molecule has 0 aliphatic heterocycles. The molecule has 0 unspecified atom stereocenters. The van der Waals surface area contributed by atoms with Crippen LogP contribution in [-0.4, -0.2) is 34.0 Å². The summed E-state index contributed by atoms with van der Waals surface area (Å²) in [7, 11) is 0. The van der Waals surface area contributed by atoms with E-state index in [1.54, 1.807) is 0 Å². The number of hydrogen-bond donors (Lipinski definition) is 2. The van der Waals surface area contributed by atoms with Crippen molar-refractivity contribution in [2.75, 3.05) is 17.6 Å². The SMILES string of the molecule is CCCNc1nnc(SCC(=O)[C@H](C#N)C(C)=N)s1. The van der Waals surface area contributed by atoms with Crippen molar-refractivity contribution in [3.63, 3.8) is 0 Å². The standard InChI is InChI=1S/C11H15N5OS2/c1-3-4-14-10-15-16-11(19-10)18-6-9(17)8(5-12)7(2)13/h8,13H,3-4,6H2,1-2H3,(H,14,15)/t8-/m1/s1. The van der Waals surface area contributed by atoms with Gasteiger partial charge in [0.15, 0.2) is 10.1 Å². The summed E-state index contributed by atoms with van der Waals surface area (Å²) in [6.45, 7) is 4.36. The minimum absolute atomic E-state index is 0.0793. The molecule has 19 heavy (non-hydrogen) atoms. The Bertz CT molecular complexity index is 494. The van der Waals surface area contributed by atoms with Crippen LogP contribution in [0.15, 0.2) is 4.34 Å². The molecule has 0 radical (unpaired) electrons. The van der Waals surface area contributed by atoms with Crippen molar-refractivity contribution in [3.05, 3.63) is 0 Å². The number of carbonyl (C=O) groups excluding carboxylic acids is 1. The molecule has 2 N–H and O–H groups in total. The lowest BCUT2D eigenvalue weighted by Gasteiger charge is -2.03. The summed E-state index contributed by atoms with van der Waals surface area (Å²) in [5, 5.41) is 27.9. The van der Waals surface area contributed by atoms with Crippen LogP contribution in [-0.2, 0) is 4.79 Å². The lowest BCUT2D eigenvalue weighted by molar-refractivity contribution is -0.117. The second-order valence-corrected chi connectivity index (χ2v) is 6.00. The Kier molecular flexibility index (Phi) is 6.45. The van der Waals surface area contributed by atoms with Gasteiger partial charge in [0.05, 0.1) is 11.8 Å². The Morgan fingerprint density at radius 1 is 1.63 bits per heavy atom. The van der Waals surface area contributed by atoms with E-state index in [0.717, 1.165) is 18.1 Å². The zero-order valence-electron chi connectivity index (χ0n) is 10.8. The van der Waals surface area contributed by atoms with Crippen molar-refractivity contribution in [3.8, 4) is 6.07 Å². The van der Waals surface area contributed by atoms with E-state index in [-0.39, 0.29) is 17.2 Å². The number of nitrogens with one attached hydrogen (secondary N) is 2. The fourth-order valence-corrected chi connectivity index (χ4v) is 2.88. The van der Waals surface area contributed by atoms with Crippen LogP contribution in [0.2, 0.25) is 0 Å². The molecule has 1 rings (SSSR count). The molecule has 0 saturated carbocycles. The molecule has 102 valence electrons. The molecule has 0 spiro atoms. The summed E-state index contributed by atoms with van der Waals surface area (Å²) in [5.41, 5.74) is 0.0793. The van der Waals surface area contributed by atoms with Crippen LogP contribution in [0.3, 0.4) is 0 Å². The quantitative estimate of drug-likeness (QED) is 0.563. The monoisotopic (exact) mass is 297 g/mol. The molecule has 1 atom stereocenters. The predicted molar refractivity (Wildman–Crippen MR) is 76.9 cm³/mol. The Balaban J connectivity index is 2.48. The predicted octanol–water partition coefficient (Wildman–Crippen LogP) is 2.20. The van der Waals surface area contributed by atoms with E-state index >= 15 is 0 Å². The third-order valence-electron chi connectivity index (χ3n) is 2.15. The molecule has 0 aliphatic rings. The number of hydrogen-bond acceptors (Lipinski definition) is 8. The molecule has 8 heteroatoms. The number of ketones is 1. The molecule has 0 bridgehead atoms. The Morgan fingerprint density at radius 2 is 2.37 bits per heavy atom. The number of rotatable bonds is 8. The van der Waals surface area contributed by atoms with Gasteiger partial charge in [-0.15, -0.1) is 10.2 Å². The maximum atomic E-state index is 11.7. The molecule has 1 heterocycles. The van der Waals surface area contributed by atoms with E-state index in [9.17, 15) is 4.79 Å². The molecule has 0 amide bonds. The lowest BCUT2D eigenvalue weighted by atomic mass is 10.0. The van der Waals surface area contributed by atoms with E-state index in [1.807, 2.05) is 6.07 Å². The molecule has 0 fully saturated rings. The number of Topliss-reactive ketones (excluding diaryl/α,β-unsaturated/α-hetero) is 1. The van der Waals surface area contributed by atoms with E-state index in [2.05, 4.69) is 22.4 Å². The highest BCUT2D eigenvalue weighted by atomic mass is 32.2. The summed E-state index contributed by atoms with van der Waals surface area (Å²) in [5.74, 6) is -1.08. The van der Waals surface area contributed by atoms with Gasteiger partial charge in [-0.05, 0) is 13.3 Å². The van der Waals surface area contributed by atoms with Crippen LogP contribution in [0.25, 0.3) is 0 Å². The zero-order chi connectivity index (χ0) is 14.3. The van der Waals surface area contributed by atoms with Crippen LogP contribution < -0.4 is 5.32 Å². The van der Waals surface area contributed by atoms with E-state index in [0.29, 0.717) is 4.34 Å². The van der Waals surface area contributed by atoms with Crippen LogP contribution >= 0.6 is 23.1 Å². The van der Waals surface area contributed by atoms with Gasteiger partial charge in [-0.25, -0.2) is 0 Å². The van der Waals surface area contributed by atoms with Crippen LogP contribution in [0, 0.1) is 22.7 Å². The largest absolute Gasteiger partial charge is 0.360 e. The van der Waals surface area contributed by atoms with Crippen molar-refractivity contribution in [1.29, 1.82) is 10.7 Å². The van der Waals surface area contributed by atoms with Crippen LogP contribution in [0.4, 0.5) is 5.13 Å². The lowest BCUT2D eigenvalue weighted by Crippen LogP contribution is -2.21. The maximum Gasteiger partial charge on any atom is 0.206 e. The number of anilines is 1. The first-order valence-electron chi connectivity index (χ1n) is 5.76. The van der Waals surface area contributed by atoms with E-state index < -0.39 is 5.92 Å². The molecule has 0 saturated heterocycles. The zero-order valence-corrected chi connectivity index (χ0v) is 12.4. The normalized spacial score (nSPS) is 11.6. The van der Waals surface area contributed by atoms with Gasteiger partial charge in [0, 0.05) is 12.3 Å². The number of nitriles is 1. The van der Waals surface area contributed by atoms with Crippen molar-refractivity contribution >= 4 is 39.7 Å². The second-order valence-electron chi connectivity index (χ2n) is 3.80. The molecule has 0 aliphatic carbocycles. The first kappa shape index (κ1) is 15.6. The van der Waals surface area contributed by atoms with Crippen molar-refractivity contribution in [2.24, 2.45) is 5.92 Å². The minimum Gasteiger partial charge on any atom is -0.360 e. The van der Waals surface area contributed by atoms with E-state index in [1.165, 1.54) is 30.0 Å². The molecule has 1 aromatic rings. The highest BCUT2D eigenvalue weighted by Gasteiger charge is 2.20. The molecule has 6 nitrogen and oxygen atoms in total. The fourth-order valence-electron chi connectivity index (χ4n) is 1.20. The van der Waals surface area contributed by atoms with Gasteiger partial charge in [-0.3, -0.25) is 4.79 Å². The highest BCUT2D eigenvalue weighted by molar-refractivity contribution is 8.01. The summed E-state index contributed by atoms with van der Waals surface area (Å²) in [6, 6.07) is 1.84. The average Bonchev–Trinajstić information content (AvgIpc) is 2.82. The van der Waals surface area contributed by atoms with Gasteiger partial charge in [-0.2, -0.15) is 5.26 Å². The summed E-state index contributed by atoms with van der Waals surface area (Å²) >= 11 is 2.63. The smallest absolute Gasteiger partial charge is 0.206 e. The molecular weight excluding hydrogens is 282 g/mol. The Labute approximate surface area is 120 Å². The maximum absolute atomic E-state index is 11.7. The topological polar surface area (TPSA) is 103 Å². The third-order valence-corrected chi connectivity index (χ3v) is 4.19. The van der Waals surface area contributed by atoms with Crippen molar-refractivity contribution < 1.29 is 4.79 Å². The summed E-state index contributed by atoms with van der Waals surface area (Å²) in [4.78, 5) is 11.7. The van der Waals surface area contributed by atoms with Gasteiger partial charge in [0.25, 0.3) is 0 Å². The molecule has 0 aromatic carbocycles. The number of aromatic nitrogens is 2. The van der Waals surface area contributed by atoms with Gasteiger partial charge < -0.3 is 10.7 Å². The number of thioether (sulfide) groups is 1. The third kappa shape index (κ3) is 4.96. The fraction of sp³-hybridized carbons (Fsp3) is 0.545. The van der Waals surface area contributed by atoms with Crippen LogP contribution in [0.1, 0.15) is 20.3 Å². The van der Waals surface area contributed by atoms with Crippen LogP contribution in [0.5, 0.6) is 0 Å². The van der Waals surface area contributed by atoms with E-state index in [4.69, 9.17) is 10.7 Å². The second kappa shape index (κ2) is 7.86. The average molecular weight is 297 g/mol. The highest BCUT2D eigenvalue weighted by Crippen LogP contribution is 2.26. The van der Waals surface area contributed by atoms with Gasteiger partial charge in [-0.1, -0.05) is 30.0 Å². The van der Waals surface area contributed by atoms with Gasteiger partial charge >= 0.3 is 0 Å². The first-order valence-corrected chi connectivity index (χ1v) is 7.56. The Morgan fingerprint density at radius 3 is 2.95 bits per heavy atom. The van der Waals surface area contributed by atoms with Gasteiger partial charge in [0.2, 0.25) is 5.13 Å². The summed E-state index contributed by atoms with van der Waals surface area (Å²) in [6.07, 6.45) is 1.00. The Hall–Kier alpha value is -1.46. The minimum atomic E-state index is -0.946. The van der Waals surface area contributed by atoms with Crippen molar-refractivity contribution in [1.82, 2.24) is 10.2 Å². The van der Waals surface area contributed by atoms with Gasteiger partial charge in [0.1, 0.15) is 5.92 Å². The molecular formula is C11H15N5OS2. The first-order chi connectivity index (χ1) is 9.08. The summed E-state index contributed by atoms with van der Waals surface area (Å²) < 4.78 is 0.686.